The van der Waals surface area contributed by atoms with Crippen molar-refractivity contribution in [2.75, 3.05) is 11.9 Å². The SMILES string of the molecule is N#CCCNC(=O)[C@H](Nc1ccc2c(c1)CNC2)c1cc(Cl)cc(C2CC2)c1. The third kappa shape index (κ3) is 4.30. The molecule has 1 atom stereocenters. The second-order valence-electron chi connectivity index (χ2n) is 7.46. The molecule has 0 spiro atoms. The van der Waals surface area contributed by atoms with Crippen LogP contribution in [0, 0.1) is 11.3 Å². The van der Waals surface area contributed by atoms with Crippen LogP contribution in [0.15, 0.2) is 36.4 Å². The Hall–Kier alpha value is -2.55. The summed E-state index contributed by atoms with van der Waals surface area (Å²) in [6, 6.07) is 13.6. The van der Waals surface area contributed by atoms with Gasteiger partial charge in [-0.3, -0.25) is 4.79 Å². The molecule has 1 saturated carbocycles. The Morgan fingerprint density at radius 1 is 1.21 bits per heavy atom. The maximum atomic E-state index is 12.9. The number of nitrogens with one attached hydrogen (secondary N) is 3. The number of hydrogen-bond donors (Lipinski definition) is 3. The number of fused-ring (bicyclic) bond motifs is 1. The van der Waals surface area contributed by atoms with E-state index in [0.29, 0.717) is 17.5 Å². The number of carbonyl (C=O) groups excluding carboxylic acids is 1. The smallest absolute Gasteiger partial charge is 0.247 e. The highest BCUT2D eigenvalue weighted by Crippen LogP contribution is 2.42. The van der Waals surface area contributed by atoms with Crippen LogP contribution in [0.25, 0.3) is 0 Å². The predicted octanol–water partition coefficient (Wildman–Crippen LogP) is 4.00. The fourth-order valence-electron chi connectivity index (χ4n) is 3.65. The van der Waals surface area contributed by atoms with Gasteiger partial charge in [-0.25, -0.2) is 0 Å². The zero-order valence-corrected chi connectivity index (χ0v) is 16.4. The molecule has 5 nitrogen and oxygen atoms in total. The van der Waals surface area contributed by atoms with Crippen molar-refractivity contribution >= 4 is 23.2 Å². The van der Waals surface area contributed by atoms with Gasteiger partial charge in [-0.2, -0.15) is 5.26 Å². The molecular formula is C22H23ClN4O. The van der Waals surface area contributed by atoms with Crippen molar-refractivity contribution in [1.82, 2.24) is 10.6 Å². The van der Waals surface area contributed by atoms with E-state index in [0.717, 1.165) is 24.3 Å². The van der Waals surface area contributed by atoms with Crippen LogP contribution < -0.4 is 16.0 Å². The van der Waals surface area contributed by atoms with Gasteiger partial charge < -0.3 is 16.0 Å². The molecule has 0 bridgehead atoms. The zero-order chi connectivity index (χ0) is 19.5. The van der Waals surface area contributed by atoms with Gasteiger partial charge in [-0.05, 0) is 65.3 Å². The lowest BCUT2D eigenvalue weighted by atomic mass is 10.00. The summed E-state index contributed by atoms with van der Waals surface area (Å²) in [5.74, 6) is 0.392. The van der Waals surface area contributed by atoms with E-state index in [1.165, 1.54) is 29.5 Å². The third-order valence-electron chi connectivity index (χ3n) is 5.27. The second-order valence-corrected chi connectivity index (χ2v) is 7.89. The second kappa shape index (κ2) is 8.22. The van der Waals surface area contributed by atoms with Gasteiger partial charge in [0, 0.05) is 30.3 Å². The minimum atomic E-state index is -0.567. The van der Waals surface area contributed by atoms with Crippen molar-refractivity contribution in [3.8, 4) is 6.07 Å². The maximum Gasteiger partial charge on any atom is 0.247 e. The molecule has 1 fully saturated rings. The van der Waals surface area contributed by atoms with Gasteiger partial charge >= 0.3 is 0 Å². The van der Waals surface area contributed by atoms with Crippen LogP contribution in [0.1, 0.15) is 53.5 Å². The van der Waals surface area contributed by atoms with Gasteiger partial charge in [0.15, 0.2) is 0 Å². The largest absolute Gasteiger partial charge is 0.370 e. The van der Waals surface area contributed by atoms with Crippen LogP contribution in [-0.4, -0.2) is 12.5 Å². The van der Waals surface area contributed by atoms with E-state index in [1.807, 2.05) is 18.2 Å². The normalized spacial score (nSPS) is 16.1. The number of nitrogens with zero attached hydrogens (tertiary/aromatic N) is 1. The molecule has 0 radical (unpaired) electrons. The number of rotatable bonds is 7. The number of nitriles is 1. The molecule has 1 aliphatic heterocycles. The molecule has 0 unspecified atom stereocenters. The lowest BCUT2D eigenvalue weighted by Gasteiger charge is -2.21. The van der Waals surface area contributed by atoms with E-state index in [9.17, 15) is 4.79 Å². The quantitative estimate of drug-likeness (QED) is 0.620. The topological polar surface area (TPSA) is 77.0 Å². The number of anilines is 1. The highest BCUT2D eigenvalue weighted by atomic mass is 35.5. The van der Waals surface area contributed by atoms with E-state index in [-0.39, 0.29) is 12.3 Å². The number of carbonyl (C=O) groups is 1. The van der Waals surface area contributed by atoms with Crippen LogP contribution in [0.5, 0.6) is 0 Å². The minimum Gasteiger partial charge on any atom is -0.370 e. The summed E-state index contributed by atoms with van der Waals surface area (Å²) in [7, 11) is 0. The Morgan fingerprint density at radius 3 is 2.82 bits per heavy atom. The van der Waals surface area contributed by atoms with Gasteiger partial charge in [0.1, 0.15) is 6.04 Å². The minimum absolute atomic E-state index is 0.155. The highest BCUT2D eigenvalue weighted by molar-refractivity contribution is 6.30. The summed E-state index contributed by atoms with van der Waals surface area (Å²) < 4.78 is 0. The number of benzene rings is 2. The summed E-state index contributed by atoms with van der Waals surface area (Å²) in [4.78, 5) is 12.9. The van der Waals surface area contributed by atoms with Gasteiger partial charge in [-0.15, -0.1) is 0 Å². The Balaban J connectivity index is 1.62. The molecule has 0 saturated heterocycles. The van der Waals surface area contributed by atoms with Crippen LogP contribution in [0.3, 0.4) is 0 Å². The zero-order valence-electron chi connectivity index (χ0n) is 15.6. The van der Waals surface area contributed by atoms with Crippen LogP contribution in [0.4, 0.5) is 5.69 Å². The molecule has 4 rings (SSSR count). The highest BCUT2D eigenvalue weighted by Gasteiger charge is 2.27. The van der Waals surface area contributed by atoms with Gasteiger partial charge in [0.05, 0.1) is 12.5 Å². The molecule has 2 aromatic carbocycles. The number of amides is 1. The predicted molar refractivity (Wildman–Crippen MR) is 110 cm³/mol. The first-order valence-electron chi connectivity index (χ1n) is 9.68. The van der Waals surface area contributed by atoms with Crippen LogP contribution in [0.2, 0.25) is 5.02 Å². The van der Waals surface area contributed by atoms with Crippen molar-refractivity contribution in [3.05, 3.63) is 63.7 Å². The molecule has 1 amide bonds. The van der Waals surface area contributed by atoms with Crippen molar-refractivity contribution in [2.24, 2.45) is 0 Å². The Bertz CT molecular complexity index is 933. The first-order chi connectivity index (χ1) is 13.6. The molecule has 1 heterocycles. The van der Waals surface area contributed by atoms with Crippen LogP contribution >= 0.6 is 11.6 Å². The average Bonchev–Trinajstić information content (AvgIpc) is 3.43. The molecular weight excluding hydrogens is 372 g/mol. The Labute approximate surface area is 170 Å². The van der Waals surface area contributed by atoms with E-state index in [2.05, 4.69) is 40.2 Å². The van der Waals surface area contributed by atoms with Gasteiger partial charge in [0.25, 0.3) is 0 Å². The monoisotopic (exact) mass is 394 g/mol. The van der Waals surface area contributed by atoms with Crippen LogP contribution in [-0.2, 0) is 17.9 Å². The van der Waals surface area contributed by atoms with E-state index in [1.54, 1.807) is 0 Å². The van der Waals surface area contributed by atoms with E-state index >= 15 is 0 Å². The molecule has 28 heavy (non-hydrogen) atoms. The average molecular weight is 395 g/mol. The maximum absolute atomic E-state index is 12.9. The molecule has 2 aliphatic rings. The van der Waals surface area contributed by atoms with Gasteiger partial charge in [0.2, 0.25) is 5.91 Å². The van der Waals surface area contributed by atoms with E-state index in [4.69, 9.17) is 16.9 Å². The number of halogens is 1. The van der Waals surface area contributed by atoms with Crippen molar-refractivity contribution < 1.29 is 4.79 Å². The van der Waals surface area contributed by atoms with Gasteiger partial charge in [-0.1, -0.05) is 23.7 Å². The molecule has 6 heteroatoms. The Kier molecular flexibility index (Phi) is 5.52. The van der Waals surface area contributed by atoms with Crippen molar-refractivity contribution in [3.63, 3.8) is 0 Å². The lowest BCUT2D eigenvalue weighted by Crippen LogP contribution is -2.34. The fourth-order valence-corrected chi connectivity index (χ4v) is 3.90. The summed E-state index contributed by atoms with van der Waals surface area (Å²) in [5.41, 5.74) is 5.48. The fraction of sp³-hybridized carbons (Fsp3) is 0.364. The molecule has 2 aromatic rings. The summed E-state index contributed by atoms with van der Waals surface area (Å²) in [5, 5.41) is 19.0. The first kappa shape index (κ1) is 18.8. The van der Waals surface area contributed by atoms with Crippen molar-refractivity contribution in [1.29, 1.82) is 5.26 Å². The van der Waals surface area contributed by atoms with E-state index < -0.39 is 6.04 Å². The molecule has 1 aliphatic carbocycles. The lowest BCUT2D eigenvalue weighted by molar-refractivity contribution is -0.121. The summed E-state index contributed by atoms with van der Waals surface area (Å²) in [6.45, 7) is 2.05. The van der Waals surface area contributed by atoms with Crippen molar-refractivity contribution in [2.45, 2.75) is 44.3 Å². The molecule has 3 N–H and O–H groups in total. The third-order valence-corrected chi connectivity index (χ3v) is 5.49. The molecule has 0 aromatic heterocycles. The Morgan fingerprint density at radius 2 is 2.04 bits per heavy atom. The summed E-state index contributed by atoms with van der Waals surface area (Å²) >= 11 is 6.37. The number of hydrogen-bond acceptors (Lipinski definition) is 4. The first-order valence-corrected chi connectivity index (χ1v) is 10.1. The standard InChI is InChI=1S/C22H23ClN4O/c23-19-9-16(14-2-3-14)8-17(10-19)21(22(28)26-7-1-6-24)27-20-5-4-15-12-25-13-18(15)11-20/h4-5,8-11,14,21,25,27H,1-3,7,12-13H2,(H,26,28)/t21-/m1/s1. The molecule has 144 valence electrons. The summed E-state index contributed by atoms with van der Waals surface area (Å²) in [6.07, 6.45) is 2.62.